The molecule has 0 aromatic heterocycles. The minimum Gasteiger partial charge on any atom is -0.493 e. The molecule has 1 unspecified atom stereocenters. The van der Waals surface area contributed by atoms with E-state index in [9.17, 15) is 0 Å². The highest BCUT2D eigenvalue weighted by atomic mass is 127. The van der Waals surface area contributed by atoms with Crippen LogP contribution in [-0.2, 0) is 0 Å². The van der Waals surface area contributed by atoms with E-state index >= 15 is 0 Å². The molecule has 0 spiro atoms. The van der Waals surface area contributed by atoms with Crippen molar-refractivity contribution in [1.82, 2.24) is 10.2 Å². The summed E-state index contributed by atoms with van der Waals surface area (Å²) >= 11 is 0. The molecule has 130 valence electrons. The number of hydrogen-bond donors (Lipinski definition) is 2. The minimum absolute atomic E-state index is 0. The van der Waals surface area contributed by atoms with Crippen LogP contribution < -0.4 is 20.5 Å². The summed E-state index contributed by atoms with van der Waals surface area (Å²) in [5.74, 6) is 1.97. The lowest BCUT2D eigenvalue weighted by Crippen LogP contribution is -2.34. The molecule has 6 nitrogen and oxygen atoms in total. The van der Waals surface area contributed by atoms with E-state index in [2.05, 4.69) is 15.2 Å². The van der Waals surface area contributed by atoms with Crippen molar-refractivity contribution in [2.24, 2.45) is 10.7 Å². The van der Waals surface area contributed by atoms with Crippen LogP contribution in [-0.4, -0.2) is 51.8 Å². The second-order valence-electron chi connectivity index (χ2n) is 5.74. The first-order valence-corrected chi connectivity index (χ1v) is 7.50. The van der Waals surface area contributed by atoms with Crippen molar-refractivity contribution in [1.29, 1.82) is 0 Å². The van der Waals surface area contributed by atoms with Gasteiger partial charge >= 0.3 is 0 Å². The summed E-state index contributed by atoms with van der Waals surface area (Å²) in [6, 6.07) is 6.58. The fourth-order valence-corrected chi connectivity index (χ4v) is 2.29. The molecule has 2 rings (SSSR count). The third-order valence-electron chi connectivity index (χ3n) is 3.78. The van der Waals surface area contributed by atoms with Gasteiger partial charge in [-0.3, -0.25) is 4.99 Å². The van der Waals surface area contributed by atoms with Gasteiger partial charge in [-0.25, -0.2) is 0 Å². The number of nitrogens with zero attached hydrogens (tertiary/aromatic N) is 2. The molecular formula is C16H27IN4O2. The predicted molar refractivity (Wildman–Crippen MR) is 104 cm³/mol. The second-order valence-corrected chi connectivity index (χ2v) is 5.74. The average molecular weight is 434 g/mol. The van der Waals surface area contributed by atoms with Crippen LogP contribution in [0.15, 0.2) is 23.2 Å². The lowest BCUT2D eigenvalue weighted by atomic mass is 10.1. The van der Waals surface area contributed by atoms with Gasteiger partial charge in [0.1, 0.15) is 0 Å². The Bertz CT molecular complexity index is 533. The number of hydrogen-bond acceptors (Lipinski definition) is 4. The van der Waals surface area contributed by atoms with E-state index in [1.807, 2.05) is 32.3 Å². The fraction of sp³-hybridized carbons (Fsp3) is 0.562. The topological polar surface area (TPSA) is 72.1 Å². The SMILES string of the molecule is COc1ccc(C(CN=C(N)NC2CC2)N(C)C)cc1OC.I. The summed E-state index contributed by atoms with van der Waals surface area (Å²) in [5, 5.41) is 3.20. The van der Waals surface area contributed by atoms with Crippen molar-refractivity contribution in [2.75, 3.05) is 34.9 Å². The third-order valence-corrected chi connectivity index (χ3v) is 3.78. The molecule has 1 aromatic rings. The van der Waals surface area contributed by atoms with Gasteiger partial charge in [0.25, 0.3) is 0 Å². The molecule has 3 N–H and O–H groups in total. The molecule has 0 heterocycles. The van der Waals surface area contributed by atoms with Gasteiger partial charge in [0.15, 0.2) is 17.5 Å². The number of rotatable bonds is 7. The zero-order valence-electron chi connectivity index (χ0n) is 14.2. The predicted octanol–water partition coefficient (Wildman–Crippen LogP) is 1.99. The highest BCUT2D eigenvalue weighted by Crippen LogP contribution is 2.31. The van der Waals surface area contributed by atoms with Gasteiger partial charge in [0.2, 0.25) is 0 Å². The summed E-state index contributed by atoms with van der Waals surface area (Å²) in [7, 11) is 7.33. The molecule has 1 aromatic carbocycles. The molecule has 23 heavy (non-hydrogen) atoms. The third kappa shape index (κ3) is 5.72. The number of nitrogens with one attached hydrogen (secondary N) is 1. The zero-order chi connectivity index (χ0) is 16.1. The number of benzene rings is 1. The van der Waals surface area contributed by atoms with Crippen LogP contribution >= 0.6 is 24.0 Å². The zero-order valence-corrected chi connectivity index (χ0v) is 16.5. The molecule has 1 saturated carbocycles. The van der Waals surface area contributed by atoms with E-state index in [4.69, 9.17) is 15.2 Å². The molecule has 0 radical (unpaired) electrons. The first-order valence-electron chi connectivity index (χ1n) is 7.50. The van der Waals surface area contributed by atoms with E-state index in [1.165, 1.54) is 12.8 Å². The normalized spacial score (nSPS) is 15.8. The largest absolute Gasteiger partial charge is 0.493 e. The molecular weight excluding hydrogens is 407 g/mol. The van der Waals surface area contributed by atoms with E-state index in [0.717, 1.165) is 17.1 Å². The Morgan fingerprint density at radius 3 is 2.48 bits per heavy atom. The van der Waals surface area contributed by atoms with Crippen LogP contribution in [0.5, 0.6) is 11.5 Å². The number of halogens is 1. The number of ether oxygens (including phenoxy) is 2. The summed E-state index contributed by atoms with van der Waals surface area (Å²) in [5.41, 5.74) is 7.03. The maximum absolute atomic E-state index is 5.92. The highest BCUT2D eigenvalue weighted by molar-refractivity contribution is 14.0. The molecule has 1 atom stereocenters. The first-order chi connectivity index (χ1) is 10.5. The Balaban J connectivity index is 0.00000264. The number of methoxy groups -OCH3 is 2. The molecule has 0 bridgehead atoms. The van der Waals surface area contributed by atoms with Crippen molar-refractivity contribution < 1.29 is 9.47 Å². The van der Waals surface area contributed by atoms with Crippen LogP contribution in [0.3, 0.4) is 0 Å². The molecule has 1 fully saturated rings. The first kappa shape index (κ1) is 19.8. The monoisotopic (exact) mass is 434 g/mol. The fourth-order valence-electron chi connectivity index (χ4n) is 2.29. The Labute approximate surface area is 155 Å². The maximum atomic E-state index is 5.92. The van der Waals surface area contributed by atoms with Gasteiger partial charge in [-0.1, -0.05) is 6.07 Å². The van der Waals surface area contributed by atoms with Gasteiger partial charge in [0, 0.05) is 6.04 Å². The van der Waals surface area contributed by atoms with Crippen molar-refractivity contribution in [3.05, 3.63) is 23.8 Å². The smallest absolute Gasteiger partial charge is 0.188 e. The Morgan fingerprint density at radius 1 is 1.30 bits per heavy atom. The molecule has 0 amide bonds. The average Bonchev–Trinajstić information content (AvgIpc) is 3.30. The van der Waals surface area contributed by atoms with Crippen molar-refractivity contribution in [2.45, 2.75) is 24.9 Å². The Hall–Kier alpha value is -1.22. The van der Waals surface area contributed by atoms with Gasteiger partial charge < -0.3 is 25.4 Å². The van der Waals surface area contributed by atoms with Crippen LogP contribution in [0.25, 0.3) is 0 Å². The lowest BCUT2D eigenvalue weighted by molar-refractivity contribution is 0.303. The number of likely N-dealkylation sites (N-methyl/N-ethyl adjacent to an activating group) is 1. The molecule has 0 saturated heterocycles. The lowest BCUT2D eigenvalue weighted by Gasteiger charge is -2.24. The number of nitrogens with two attached hydrogens (primary N) is 1. The van der Waals surface area contributed by atoms with E-state index in [-0.39, 0.29) is 30.0 Å². The van der Waals surface area contributed by atoms with E-state index in [1.54, 1.807) is 14.2 Å². The number of aliphatic imine (C=N–C) groups is 1. The minimum atomic E-state index is 0. The molecule has 1 aliphatic carbocycles. The van der Waals surface area contributed by atoms with E-state index < -0.39 is 0 Å². The van der Waals surface area contributed by atoms with Gasteiger partial charge in [0.05, 0.1) is 26.8 Å². The molecule has 7 heteroatoms. The summed E-state index contributed by atoms with van der Waals surface area (Å²) in [6.45, 7) is 0.591. The van der Waals surface area contributed by atoms with Crippen LogP contribution in [0.4, 0.5) is 0 Å². The summed E-state index contributed by atoms with van der Waals surface area (Å²) in [4.78, 5) is 6.59. The van der Waals surface area contributed by atoms with Crippen molar-refractivity contribution >= 4 is 29.9 Å². The summed E-state index contributed by atoms with van der Waals surface area (Å²) in [6.07, 6.45) is 2.37. The van der Waals surface area contributed by atoms with Crippen molar-refractivity contribution in [3.8, 4) is 11.5 Å². The van der Waals surface area contributed by atoms with Crippen molar-refractivity contribution in [3.63, 3.8) is 0 Å². The van der Waals surface area contributed by atoms with Gasteiger partial charge in [-0.2, -0.15) is 0 Å². The Kier molecular flexibility index (Phi) is 7.90. The van der Waals surface area contributed by atoms with Gasteiger partial charge in [-0.15, -0.1) is 24.0 Å². The summed E-state index contributed by atoms with van der Waals surface area (Å²) < 4.78 is 10.7. The van der Waals surface area contributed by atoms with Crippen LogP contribution in [0, 0.1) is 0 Å². The van der Waals surface area contributed by atoms with Gasteiger partial charge in [-0.05, 0) is 44.6 Å². The van der Waals surface area contributed by atoms with Crippen LogP contribution in [0.1, 0.15) is 24.4 Å². The van der Waals surface area contributed by atoms with E-state index in [0.29, 0.717) is 18.5 Å². The number of guanidine groups is 1. The van der Waals surface area contributed by atoms with Crippen LogP contribution in [0.2, 0.25) is 0 Å². The molecule has 1 aliphatic rings. The maximum Gasteiger partial charge on any atom is 0.188 e. The Morgan fingerprint density at radius 2 is 1.96 bits per heavy atom. The standard InChI is InChI=1S/C16H26N4O2.HI/c1-20(2)13(10-18-16(17)19-12-6-7-12)11-5-8-14(21-3)15(9-11)22-4;/h5,8-9,12-13H,6-7,10H2,1-4H3,(H3,17,18,19);1H. The molecule has 0 aliphatic heterocycles. The second kappa shape index (κ2) is 9.17. The quantitative estimate of drug-likeness (QED) is 0.390. The highest BCUT2D eigenvalue weighted by Gasteiger charge is 2.22.